The zero-order chi connectivity index (χ0) is 28.1. The van der Waals surface area contributed by atoms with Crippen molar-refractivity contribution in [1.82, 2.24) is 5.32 Å². The van der Waals surface area contributed by atoms with Gasteiger partial charge in [-0.1, -0.05) is 66.7 Å². The van der Waals surface area contributed by atoms with Gasteiger partial charge in [-0.15, -0.1) is 0 Å². The highest BCUT2D eigenvalue weighted by molar-refractivity contribution is 6.04. The van der Waals surface area contributed by atoms with Crippen molar-refractivity contribution >= 4 is 17.5 Å². The molecule has 0 heterocycles. The normalized spacial score (nSPS) is 44.6. The number of rotatable bonds is 2. The second kappa shape index (κ2) is 8.03. The lowest BCUT2D eigenvalue weighted by molar-refractivity contribution is -0.163. The summed E-state index contributed by atoms with van der Waals surface area (Å²) in [5, 5.41) is 13.2. The molecule has 38 heavy (non-hydrogen) atoms. The minimum atomic E-state index is -0.665. The molecule has 5 rings (SSSR count). The molecule has 5 nitrogen and oxygen atoms in total. The van der Waals surface area contributed by atoms with Crippen LogP contribution in [0, 0.1) is 56.2 Å². The second-order valence-corrected chi connectivity index (χ2v) is 15.1. The lowest BCUT2D eigenvalue weighted by Crippen LogP contribution is -2.69. The average molecular weight is 517 g/mol. The zero-order valence-electron chi connectivity index (χ0n) is 24.3. The first-order valence-corrected chi connectivity index (χ1v) is 14.4. The molecule has 0 radical (unpaired) electrons. The molecule has 5 aliphatic carbocycles. The Labute approximate surface area is 228 Å². The molecular weight excluding hydrogens is 472 g/mol. The van der Waals surface area contributed by atoms with E-state index in [0.29, 0.717) is 0 Å². The Kier molecular flexibility index (Phi) is 5.72. The fourth-order valence-electron chi connectivity index (χ4n) is 10.1. The lowest BCUT2D eigenvalue weighted by atomic mass is 9.35. The zero-order valence-corrected chi connectivity index (χ0v) is 24.3. The van der Waals surface area contributed by atoms with Crippen LogP contribution in [0.3, 0.4) is 0 Å². The van der Waals surface area contributed by atoms with E-state index in [1.165, 1.54) is 6.08 Å². The molecule has 5 aliphatic rings. The van der Waals surface area contributed by atoms with Gasteiger partial charge in [0, 0.05) is 22.3 Å². The Balaban J connectivity index is 1.68. The summed E-state index contributed by atoms with van der Waals surface area (Å²) in [6.07, 6.45) is 11.4. The molecule has 0 aromatic carbocycles. The van der Waals surface area contributed by atoms with Crippen molar-refractivity contribution in [3.8, 4) is 6.07 Å². The maximum Gasteiger partial charge on any atom is 0.243 e. The highest BCUT2D eigenvalue weighted by atomic mass is 16.2. The standard InChI is InChI=1S/C33H44N2O3/c1-9-25(37)35-33-14-12-28(2,3)18-21(33)26-22(36)16-24-30(6)17-20(19-34)27(38)29(4,5)23(30)10-11-31(24,7)32(26,8)13-15-33/h9,16-17,21,23,26H,1,10-15,18H2,2-8H3,(H,35,37)/t21-,23+,26+,30-,31-,32-,33-/m1/s1. The molecular formula is C33H44N2O3. The molecule has 3 fully saturated rings. The van der Waals surface area contributed by atoms with E-state index in [1.54, 1.807) is 0 Å². The van der Waals surface area contributed by atoms with E-state index in [9.17, 15) is 19.6 Å². The van der Waals surface area contributed by atoms with Gasteiger partial charge in [0.2, 0.25) is 5.91 Å². The summed E-state index contributed by atoms with van der Waals surface area (Å²) < 4.78 is 0. The van der Waals surface area contributed by atoms with Crippen molar-refractivity contribution in [2.45, 2.75) is 99.0 Å². The van der Waals surface area contributed by atoms with Crippen LogP contribution in [0.1, 0.15) is 93.4 Å². The Bertz CT molecular complexity index is 1250. The predicted octanol–water partition coefficient (Wildman–Crippen LogP) is 6.26. The average Bonchev–Trinajstić information content (AvgIpc) is 2.83. The summed E-state index contributed by atoms with van der Waals surface area (Å²) >= 11 is 0. The van der Waals surface area contributed by atoms with Crippen molar-refractivity contribution < 1.29 is 14.4 Å². The number of nitrogens with one attached hydrogen (secondary N) is 1. The van der Waals surface area contributed by atoms with Gasteiger partial charge in [-0.05, 0) is 85.2 Å². The highest BCUT2D eigenvalue weighted by Crippen LogP contribution is 2.73. The van der Waals surface area contributed by atoms with E-state index in [2.05, 4.69) is 52.6 Å². The van der Waals surface area contributed by atoms with Crippen LogP contribution in [0.25, 0.3) is 0 Å². The molecule has 0 unspecified atom stereocenters. The molecule has 0 aliphatic heterocycles. The third-order valence-corrected chi connectivity index (χ3v) is 12.4. The molecule has 3 saturated carbocycles. The number of allylic oxidation sites excluding steroid dienone is 4. The van der Waals surface area contributed by atoms with Gasteiger partial charge < -0.3 is 5.32 Å². The van der Waals surface area contributed by atoms with Crippen LogP contribution < -0.4 is 5.32 Å². The van der Waals surface area contributed by atoms with Crippen LogP contribution in [-0.2, 0) is 14.4 Å². The number of amides is 1. The second-order valence-electron chi connectivity index (χ2n) is 15.1. The lowest BCUT2D eigenvalue weighted by Gasteiger charge is -2.69. The van der Waals surface area contributed by atoms with Crippen molar-refractivity contribution in [2.24, 2.45) is 44.8 Å². The maximum atomic E-state index is 14.4. The quantitative estimate of drug-likeness (QED) is 0.439. The first kappa shape index (κ1) is 27.1. The largest absolute Gasteiger partial charge is 0.347 e. The predicted molar refractivity (Wildman–Crippen MR) is 148 cm³/mol. The molecule has 0 aromatic rings. The number of hydrogen-bond acceptors (Lipinski definition) is 4. The molecule has 7 atom stereocenters. The van der Waals surface area contributed by atoms with Gasteiger partial charge in [0.05, 0.1) is 5.57 Å². The Morgan fingerprint density at radius 1 is 1.05 bits per heavy atom. The maximum absolute atomic E-state index is 14.4. The van der Waals surface area contributed by atoms with Crippen molar-refractivity contribution in [1.29, 1.82) is 5.26 Å². The monoisotopic (exact) mass is 516 g/mol. The fraction of sp³-hybridized carbons (Fsp3) is 0.697. The van der Waals surface area contributed by atoms with E-state index >= 15 is 0 Å². The summed E-state index contributed by atoms with van der Waals surface area (Å²) in [4.78, 5) is 40.3. The summed E-state index contributed by atoms with van der Waals surface area (Å²) in [7, 11) is 0. The number of ketones is 2. The summed E-state index contributed by atoms with van der Waals surface area (Å²) in [6.45, 7) is 19.0. The first-order valence-electron chi connectivity index (χ1n) is 14.4. The molecule has 0 spiro atoms. The van der Waals surface area contributed by atoms with Gasteiger partial charge >= 0.3 is 0 Å². The van der Waals surface area contributed by atoms with E-state index in [4.69, 9.17) is 0 Å². The summed E-state index contributed by atoms with van der Waals surface area (Å²) in [5.74, 6) is -0.176. The van der Waals surface area contributed by atoms with Gasteiger partial charge in [-0.2, -0.15) is 5.26 Å². The number of hydrogen-bond donors (Lipinski definition) is 1. The molecule has 1 amide bonds. The van der Waals surface area contributed by atoms with Crippen LogP contribution in [0.2, 0.25) is 0 Å². The molecule has 0 aromatic heterocycles. The van der Waals surface area contributed by atoms with Crippen molar-refractivity contribution in [3.05, 3.63) is 36.0 Å². The highest BCUT2D eigenvalue weighted by Gasteiger charge is 2.70. The van der Waals surface area contributed by atoms with E-state index in [0.717, 1.165) is 50.5 Å². The minimum absolute atomic E-state index is 0.0371. The van der Waals surface area contributed by atoms with Crippen LogP contribution in [-0.4, -0.2) is 23.0 Å². The van der Waals surface area contributed by atoms with Crippen LogP contribution in [0.4, 0.5) is 0 Å². The van der Waals surface area contributed by atoms with Crippen LogP contribution in [0.5, 0.6) is 0 Å². The van der Waals surface area contributed by atoms with Crippen LogP contribution in [0.15, 0.2) is 36.0 Å². The fourth-order valence-corrected chi connectivity index (χ4v) is 10.1. The third-order valence-electron chi connectivity index (χ3n) is 12.4. The minimum Gasteiger partial charge on any atom is -0.347 e. The van der Waals surface area contributed by atoms with E-state index in [-0.39, 0.29) is 57.0 Å². The van der Waals surface area contributed by atoms with Gasteiger partial charge in [0.25, 0.3) is 0 Å². The Morgan fingerprint density at radius 3 is 2.34 bits per heavy atom. The molecule has 0 saturated heterocycles. The molecule has 0 bridgehead atoms. The smallest absolute Gasteiger partial charge is 0.243 e. The number of carbonyl (C=O) groups is 3. The van der Waals surface area contributed by atoms with Gasteiger partial charge in [0.15, 0.2) is 11.6 Å². The molecule has 1 N–H and O–H groups in total. The molecule has 5 heteroatoms. The Hall–Kier alpha value is -2.48. The number of Topliss-reactive ketones (excluding diaryl/α,β-unsaturated/α-hetero) is 1. The van der Waals surface area contributed by atoms with Gasteiger partial charge in [0.1, 0.15) is 6.07 Å². The number of nitriles is 1. The third kappa shape index (κ3) is 3.31. The molecule has 204 valence electrons. The van der Waals surface area contributed by atoms with E-state index in [1.807, 2.05) is 26.0 Å². The van der Waals surface area contributed by atoms with Crippen molar-refractivity contribution in [3.63, 3.8) is 0 Å². The van der Waals surface area contributed by atoms with Gasteiger partial charge in [-0.25, -0.2) is 0 Å². The number of fused-ring (bicyclic) bond motifs is 7. The number of carbonyl (C=O) groups excluding carboxylic acids is 3. The SMILES string of the molecule is C=CC(=O)N[C@@]12CCC(C)(C)C[C@@H]1[C@H]1C(=O)C=C3[C@]4(C)C=C(C#N)C(=O)C(C)(C)[C@@H]4CC[C@@]3(C)[C@]1(C)CC2. The summed E-state index contributed by atoms with van der Waals surface area (Å²) in [5.41, 5.74) is -0.693. The van der Waals surface area contributed by atoms with Crippen molar-refractivity contribution in [2.75, 3.05) is 0 Å². The van der Waals surface area contributed by atoms with E-state index < -0.39 is 16.4 Å². The number of nitrogens with zero attached hydrogens (tertiary/aromatic N) is 1. The Morgan fingerprint density at radius 2 is 1.71 bits per heavy atom. The van der Waals surface area contributed by atoms with Gasteiger partial charge in [-0.3, -0.25) is 14.4 Å². The first-order chi connectivity index (χ1) is 17.5. The van der Waals surface area contributed by atoms with Crippen LogP contribution >= 0.6 is 0 Å². The summed E-state index contributed by atoms with van der Waals surface area (Å²) in [6, 6.07) is 2.18. The topological polar surface area (TPSA) is 87.0 Å².